The normalized spacial score (nSPS) is 9.29. The first-order valence-electron chi connectivity index (χ1n) is 6.21. The van der Waals surface area contributed by atoms with Gasteiger partial charge in [0.05, 0.1) is 0 Å². The van der Waals surface area contributed by atoms with Crippen LogP contribution in [0.15, 0.2) is 58.6 Å². The van der Waals surface area contributed by atoms with E-state index in [1.54, 1.807) is 0 Å². The van der Waals surface area contributed by atoms with Gasteiger partial charge in [0.2, 0.25) is 0 Å². The number of rotatable bonds is 4. The molecular weight excluding hydrogens is 328 g/mol. The highest BCUT2D eigenvalue weighted by Gasteiger charge is 2.05. The van der Waals surface area contributed by atoms with Crippen LogP contribution in [0.2, 0.25) is 0 Å². The standard InChI is InChI=1S/C17H11BrN2O/c18-16-6-7-17(15(9-16)8-14(10-19)11-20)21-12-13-4-2-1-3-5-13/h1-9H,12H2. The van der Waals surface area contributed by atoms with Gasteiger partial charge in [0.15, 0.2) is 0 Å². The summed E-state index contributed by atoms with van der Waals surface area (Å²) < 4.78 is 6.64. The summed E-state index contributed by atoms with van der Waals surface area (Å²) in [5, 5.41) is 17.7. The Kier molecular flexibility index (Phi) is 5.15. The van der Waals surface area contributed by atoms with Crippen LogP contribution in [-0.2, 0) is 6.61 Å². The van der Waals surface area contributed by atoms with Crippen molar-refractivity contribution < 1.29 is 4.74 Å². The van der Waals surface area contributed by atoms with Crippen molar-refractivity contribution in [1.29, 1.82) is 10.5 Å². The Bertz CT molecular complexity index is 724. The number of hydrogen-bond donors (Lipinski definition) is 0. The Labute approximate surface area is 131 Å². The minimum atomic E-state index is 0.0395. The fourth-order valence-corrected chi connectivity index (χ4v) is 2.12. The van der Waals surface area contributed by atoms with Gasteiger partial charge in [-0.3, -0.25) is 0 Å². The predicted molar refractivity (Wildman–Crippen MR) is 84.1 cm³/mol. The molecule has 4 heteroatoms. The van der Waals surface area contributed by atoms with Crippen LogP contribution in [0, 0.1) is 22.7 Å². The number of ether oxygens (including phenoxy) is 1. The molecule has 0 unspecified atom stereocenters. The molecule has 0 aliphatic heterocycles. The molecule has 2 rings (SSSR count). The van der Waals surface area contributed by atoms with Gasteiger partial charge in [-0.15, -0.1) is 0 Å². The van der Waals surface area contributed by atoms with Crippen LogP contribution in [-0.4, -0.2) is 0 Å². The Morgan fingerprint density at radius 3 is 2.48 bits per heavy atom. The molecule has 0 radical (unpaired) electrons. The number of nitriles is 2. The first-order chi connectivity index (χ1) is 10.2. The molecule has 0 saturated carbocycles. The first-order valence-corrected chi connectivity index (χ1v) is 7.00. The zero-order valence-electron chi connectivity index (χ0n) is 11.1. The third-order valence-corrected chi connectivity index (χ3v) is 3.24. The van der Waals surface area contributed by atoms with Crippen molar-refractivity contribution >= 4 is 22.0 Å². The average molecular weight is 339 g/mol. The summed E-state index contributed by atoms with van der Waals surface area (Å²) in [5.41, 5.74) is 1.78. The fourth-order valence-electron chi connectivity index (χ4n) is 1.74. The van der Waals surface area contributed by atoms with Crippen LogP contribution in [0.25, 0.3) is 6.08 Å². The summed E-state index contributed by atoms with van der Waals surface area (Å²) in [6.07, 6.45) is 1.52. The van der Waals surface area contributed by atoms with E-state index in [1.165, 1.54) is 6.08 Å². The van der Waals surface area contributed by atoms with Crippen LogP contribution in [0.5, 0.6) is 5.75 Å². The zero-order chi connectivity index (χ0) is 15.1. The van der Waals surface area contributed by atoms with E-state index in [-0.39, 0.29) is 5.57 Å². The van der Waals surface area contributed by atoms with Gasteiger partial charge in [0.1, 0.15) is 30.1 Å². The summed E-state index contributed by atoms with van der Waals surface area (Å²) in [7, 11) is 0. The molecule has 0 aromatic heterocycles. The lowest BCUT2D eigenvalue weighted by Crippen LogP contribution is -1.97. The van der Waals surface area contributed by atoms with Gasteiger partial charge < -0.3 is 4.74 Å². The van der Waals surface area contributed by atoms with E-state index in [2.05, 4.69) is 15.9 Å². The van der Waals surface area contributed by atoms with E-state index < -0.39 is 0 Å². The molecule has 0 saturated heterocycles. The van der Waals surface area contributed by atoms with Crippen molar-refractivity contribution in [3.63, 3.8) is 0 Å². The summed E-state index contributed by atoms with van der Waals surface area (Å²) in [5.74, 6) is 0.630. The summed E-state index contributed by atoms with van der Waals surface area (Å²) >= 11 is 3.38. The predicted octanol–water partition coefficient (Wildman–Crippen LogP) is 4.46. The van der Waals surface area contributed by atoms with Gasteiger partial charge in [-0.2, -0.15) is 10.5 Å². The monoisotopic (exact) mass is 338 g/mol. The topological polar surface area (TPSA) is 56.8 Å². The van der Waals surface area contributed by atoms with E-state index in [9.17, 15) is 0 Å². The number of halogens is 1. The minimum absolute atomic E-state index is 0.0395. The molecule has 0 spiro atoms. The Morgan fingerprint density at radius 1 is 1.10 bits per heavy atom. The molecule has 0 fully saturated rings. The maximum atomic E-state index is 8.86. The highest BCUT2D eigenvalue weighted by molar-refractivity contribution is 9.10. The maximum Gasteiger partial charge on any atom is 0.130 e. The molecule has 0 N–H and O–H groups in total. The van der Waals surface area contributed by atoms with Gasteiger partial charge in [-0.1, -0.05) is 46.3 Å². The van der Waals surface area contributed by atoms with E-state index in [1.807, 2.05) is 60.7 Å². The van der Waals surface area contributed by atoms with Crippen LogP contribution >= 0.6 is 15.9 Å². The smallest absolute Gasteiger partial charge is 0.130 e. The Hall–Kier alpha value is -2.56. The summed E-state index contributed by atoms with van der Waals surface area (Å²) in [6, 6.07) is 19.0. The van der Waals surface area contributed by atoms with Crippen molar-refractivity contribution in [1.82, 2.24) is 0 Å². The second-order valence-electron chi connectivity index (χ2n) is 4.24. The lowest BCUT2D eigenvalue weighted by Gasteiger charge is -2.10. The molecular formula is C17H11BrN2O. The van der Waals surface area contributed by atoms with Gasteiger partial charge in [0, 0.05) is 10.0 Å². The zero-order valence-corrected chi connectivity index (χ0v) is 12.7. The molecule has 2 aromatic carbocycles. The van der Waals surface area contributed by atoms with Crippen LogP contribution in [0.3, 0.4) is 0 Å². The Morgan fingerprint density at radius 2 is 1.81 bits per heavy atom. The van der Waals surface area contributed by atoms with Crippen LogP contribution in [0.4, 0.5) is 0 Å². The van der Waals surface area contributed by atoms with Gasteiger partial charge in [-0.05, 0) is 29.8 Å². The quantitative estimate of drug-likeness (QED) is 0.773. The number of hydrogen-bond acceptors (Lipinski definition) is 3. The number of allylic oxidation sites excluding steroid dienone is 1. The second-order valence-corrected chi connectivity index (χ2v) is 5.15. The number of benzene rings is 2. The summed E-state index contributed by atoms with van der Waals surface area (Å²) in [4.78, 5) is 0. The van der Waals surface area contributed by atoms with Gasteiger partial charge in [0.25, 0.3) is 0 Å². The molecule has 0 heterocycles. The SMILES string of the molecule is N#CC(C#N)=Cc1cc(Br)ccc1OCc1ccccc1. The average Bonchev–Trinajstić information content (AvgIpc) is 2.52. The molecule has 21 heavy (non-hydrogen) atoms. The van der Waals surface area contributed by atoms with E-state index in [4.69, 9.17) is 15.3 Å². The highest BCUT2D eigenvalue weighted by Crippen LogP contribution is 2.26. The minimum Gasteiger partial charge on any atom is -0.488 e. The van der Waals surface area contributed by atoms with Crippen molar-refractivity contribution in [2.24, 2.45) is 0 Å². The van der Waals surface area contributed by atoms with Gasteiger partial charge >= 0.3 is 0 Å². The molecule has 102 valence electrons. The molecule has 0 atom stereocenters. The van der Waals surface area contributed by atoms with E-state index in [0.717, 1.165) is 10.0 Å². The lowest BCUT2D eigenvalue weighted by molar-refractivity contribution is 0.305. The first kappa shape index (κ1) is 14.8. The summed E-state index contributed by atoms with van der Waals surface area (Å²) in [6.45, 7) is 0.428. The van der Waals surface area contributed by atoms with E-state index >= 15 is 0 Å². The third-order valence-electron chi connectivity index (χ3n) is 2.75. The largest absolute Gasteiger partial charge is 0.488 e. The van der Waals surface area contributed by atoms with Crippen molar-refractivity contribution in [2.75, 3.05) is 0 Å². The van der Waals surface area contributed by atoms with Gasteiger partial charge in [-0.25, -0.2) is 0 Å². The van der Waals surface area contributed by atoms with Crippen molar-refractivity contribution in [3.8, 4) is 17.9 Å². The number of nitrogens with zero attached hydrogens (tertiary/aromatic N) is 2. The molecule has 3 nitrogen and oxygen atoms in total. The molecule has 0 amide bonds. The third kappa shape index (κ3) is 4.21. The fraction of sp³-hybridized carbons (Fsp3) is 0.0588. The molecule has 2 aromatic rings. The molecule has 0 aliphatic rings. The second kappa shape index (κ2) is 7.28. The van der Waals surface area contributed by atoms with Crippen LogP contribution < -0.4 is 4.74 Å². The maximum absolute atomic E-state index is 8.86. The highest BCUT2D eigenvalue weighted by atomic mass is 79.9. The lowest BCUT2D eigenvalue weighted by atomic mass is 10.1. The molecule has 0 aliphatic carbocycles. The Balaban J connectivity index is 2.26. The van der Waals surface area contributed by atoms with Crippen molar-refractivity contribution in [2.45, 2.75) is 6.61 Å². The van der Waals surface area contributed by atoms with E-state index in [0.29, 0.717) is 17.9 Å². The van der Waals surface area contributed by atoms with Crippen LogP contribution in [0.1, 0.15) is 11.1 Å². The van der Waals surface area contributed by atoms with Crippen molar-refractivity contribution in [3.05, 3.63) is 69.7 Å². The molecule has 0 bridgehead atoms.